The predicted octanol–water partition coefficient (Wildman–Crippen LogP) is 3.18. The van der Waals surface area contributed by atoms with Gasteiger partial charge in [0.2, 0.25) is 5.13 Å². The van der Waals surface area contributed by atoms with Crippen LogP contribution < -0.4 is 4.90 Å². The largest absolute Gasteiger partial charge is 0.353 e. The van der Waals surface area contributed by atoms with Crippen LogP contribution in [0.5, 0.6) is 0 Å². The van der Waals surface area contributed by atoms with Gasteiger partial charge in [-0.2, -0.15) is 5.26 Å². The number of nitriles is 1. The minimum Gasteiger partial charge on any atom is -0.353 e. The summed E-state index contributed by atoms with van der Waals surface area (Å²) in [5.74, 6) is 0. The van der Waals surface area contributed by atoms with Crippen molar-refractivity contribution in [3.05, 3.63) is 35.9 Å². The van der Waals surface area contributed by atoms with Crippen LogP contribution in [0.2, 0.25) is 0 Å². The van der Waals surface area contributed by atoms with Crippen molar-refractivity contribution in [3.63, 3.8) is 0 Å². The SMILES string of the molecule is CN(C)c1nnc(Sc2cc(C#N)c3ccccc3n2)s1. The lowest BCUT2D eigenvalue weighted by Crippen LogP contribution is -2.07. The van der Waals surface area contributed by atoms with Crippen LogP contribution >= 0.6 is 23.1 Å². The van der Waals surface area contributed by atoms with Gasteiger partial charge in [-0.15, -0.1) is 10.2 Å². The Kier molecular flexibility index (Phi) is 3.73. The van der Waals surface area contributed by atoms with Gasteiger partial charge < -0.3 is 4.90 Å². The molecule has 21 heavy (non-hydrogen) atoms. The maximum Gasteiger partial charge on any atom is 0.208 e. The Balaban J connectivity index is 1.98. The molecule has 1 aromatic carbocycles. The molecule has 0 aliphatic rings. The van der Waals surface area contributed by atoms with E-state index in [2.05, 4.69) is 21.3 Å². The summed E-state index contributed by atoms with van der Waals surface area (Å²) in [5.41, 5.74) is 1.44. The van der Waals surface area contributed by atoms with Gasteiger partial charge in [0.1, 0.15) is 5.03 Å². The first-order valence-corrected chi connectivity index (χ1v) is 7.79. The van der Waals surface area contributed by atoms with Gasteiger partial charge >= 0.3 is 0 Å². The van der Waals surface area contributed by atoms with Crippen molar-refractivity contribution in [2.45, 2.75) is 9.37 Å². The zero-order valence-electron chi connectivity index (χ0n) is 11.4. The first kappa shape index (κ1) is 13.8. The van der Waals surface area contributed by atoms with E-state index >= 15 is 0 Å². The third-order valence-corrected chi connectivity index (χ3v) is 4.84. The smallest absolute Gasteiger partial charge is 0.208 e. The number of para-hydroxylation sites is 1. The van der Waals surface area contributed by atoms with E-state index in [1.165, 1.54) is 23.1 Å². The van der Waals surface area contributed by atoms with Crippen molar-refractivity contribution in [1.82, 2.24) is 15.2 Å². The number of benzene rings is 1. The Morgan fingerprint density at radius 2 is 2.05 bits per heavy atom. The van der Waals surface area contributed by atoms with Crippen molar-refractivity contribution < 1.29 is 0 Å². The number of aromatic nitrogens is 3. The molecule has 0 amide bonds. The lowest BCUT2D eigenvalue weighted by molar-refractivity contribution is 0.971. The Morgan fingerprint density at radius 3 is 2.76 bits per heavy atom. The second-order valence-corrected chi connectivity index (χ2v) is 6.71. The molecule has 0 bridgehead atoms. The molecular formula is C14H11N5S2. The topological polar surface area (TPSA) is 65.7 Å². The van der Waals surface area contributed by atoms with Gasteiger partial charge in [0.25, 0.3) is 0 Å². The fourth-order valence-corrected chi connectivity index (χ4v) is 3.54. The fourth-order valence-electron chi connectivity index (χ4n) is 1.81. The molecule has 3 rings (SSSR count). The van der Waals surface area contributed by atoms with Crippen LogP contribution in [0.25, 0.3) is 10.9 Å². The highest BCUT2D eigenvalue weighted by atomic mass is 32.2. The first-order chi connectivity index (χ1) is 10.2. The molecule has 0 fully saturated rings. The number of rotatable bonds is 3. The van der Waals surface area contributed by atoms with E-state index in [1.54, 1.807) is 6.07 Å². The molecule has 0 saturated heterocycles. The van der Waals surface area contributed by atoms with Crippen LogP contribution in [0.3, 0.4) is 0 Å². The Hall–Kier alpha value is -2.17. The van der Waals surface area contributed by atoms with Gasteiger partial charge in [-0.1, -0.05) is 29.5 Å². The van der Waals surface area contributed by atoms with Crippen molar-refractivity contribution in [2.24, 2.45) is 0 Å². The summed E-state index contributed by atoms with van der Waals surface area (Å²) in [7, 11) is 3.86. The average molecular weight is 313 g/mol. The summed E-state index contributed by atoms with van der Waals surface area (Å²) in [6.45, 7) is 0. The Labute approximate surface area is 130 Å². The van der Waals surface area contributed by atoms with Crippen LogP contribution in [0.15, 0.2) is 39.7 Å². The van der Waals surface area contributed by atoms with Crippen molar-refractivity contribution in [3.8, 4) is 6.07 Å². The third-order valence-electron chi connectivity index (χ3n) is 2.78. The molecule has 2 heterocycles. The summed E-state index contributed by atoms with van der Waals surface area (Å²) >= 11 is 2.92. The van der Waals surface area contributed by atoms with Crippen molar-refractivity contribution in [1.29, 1.82) is 5.26 Å². The summed E-state index contributed by atoms with van der Waals surface area (Å²) in [6, 6.07) is 11.7. The lowest BCUT2D eigenvalue weighted by atomic mass is 10.1. The van der Waals surface area contributed by atoms with Gasteiger partial charge in [0, 0.05) is 19.5 Å². The van der Waals surface area contributed by atoms with E-state index in [0.717, 1.165) is 25.4 Å². The van der Waals surface area contributed by atoms with Crippen LogP contribution in [0, 0.1) is 11.3 Å². The van der Waals surface area contributed by atoms with E-state index in [0.29, 0.717) is 5.56 Å². The fraction of sp³-hybridized carbons (Fsp3) is 0.143. The van der Waals surface area contributed by atoms with Crippen LogP contribution in [0.4, 0.5) is 5.13 Å². The zero-order chi connectivity index (χ0) is 14.8. The number of pyridine rings is 1. The maximum absolute atomic E-state index is 9.28. The summed E-state index contributed by atoms with van der Waals surface area (Å²) in [4.78, 5) is 6.48. The zero-order valence-corrected chi connectivity index (χ0v) is 13.1. The summed E-state index contributed by atoms with van der Waals surface area (Å²) in [6.07, 6.45) is 0. The van der Waals surface area contributed by atoms with Gasteiger partial charge in [-0.25, -0.2) is 4.98 Å². The molecule has 0 radical (unpaired) electrons. The molecule has 0 aliphatic heterocycles. The van der Waals surface area contributed by atoms with Gasteiger partial charge in [0.15, 0.2) is 4.34 Å². The molecular weight excluding hydrogens is 302 g/mol. The van der Waals surface area contributed by atoms with Crippen LogP contribution in [-0.4, -0.2) is 29.3 Å². The van der Waals surface area contributed by atoms with Crippen molar-refractivity contribution >= 4 is 39.1 Å². The van der Waals surface area contributed by atoms with E-state index < -0.39 is 0 Å². The monoisotopic (exact) mass is 313 g/mol. The molecule has 7 heteroatoms. The molecule has 0 saturated carbocycles. The number of hydrogen-bond donors (Lipinski definition) is 0. The summed E-state index contributed by atoms with van der Waals surface area (Å²) < 4.78 is 0.811. The average Bonchev–Trinajstić information content (AvgIpc) is 2.95. The minimum absolute atomic E-state index is 0.625. The van der Waals surface area contributed by atoms with E-state index in [9.17, 15) is 5.26 Å². The molecule has 104 valence electrons. The summed E-state index contributed by atoms with van der Waals surface area (Å²) in [5, 5.41) is 20.0. The third kappa shape index (κ3) is 2.82. The first-order valence-electron chi connectivity index (χ1n) is 6.16. The Morgan fingerprint density at radius 1 is 1.24 bits per heavy atom. The molecule has 3 aromatic rings. The predicted molar refractivity (Wildman–Crippen MR) is 84.8 cm³/mol. The highest BCUT2D eigenvalue weighted by Crippen LogP contribution is 2.33. The normalized spacial score (nSPS) is 10.5. The molecule has 5 nitrogen and oxygen atoms in total. The number of nitrogens with zero attached hydrogens (tertiary/aromatic N) is 5. The molecule has 0 aliphatic carbocycles. The number of hydrogen-bond acceptors (Lipinski definition) is 7. The quantitative estimate of drug-likeness (QED) is 0.740. The second kappa shape index (κ2) is 5.68. The van der Waals surface area contributed by atoms with Gasteiger partial charge in [-0.3, -0.25) is 0 Å². The minimum atomic E-state index is 0.625. The van der Waals surface area contributed by atoms with E-state index in [4.69, 9.17) is 0 Å². The van der Waals surface area contributed by atoms with E-state index in [-0.39, 0.29) is 0 Å². The standard InChI is InChI=1S/C14H11N5S2/c1-19(2)13-17-18-14(21-13)20-12-7-9(8-15)10-5-3-4-6-11(10)16-12/h3-7H,1-2H3. The highest BCUT2D eigenvalue weighted by molar-refractivity contribution is 8.01. The van der Waals surface area contributed by atoms with E-state index in [1.807, 2.05) is 43.3 Å². The number of anilines is 1. The molecule has 0 atom stereocenters. The van der Waals surface area contributed by atoms with Crippen molar-refractivity contribution in [2.75, 3.05) is 19.0 Å². The molecule has 0 unspecified atom stereocenters. The maximum atomic E-state index is 9.28. The second-order valence-electron chi connectivity index (χ2n) is 4.48. The molecule has 2 aromatic heterocycles. The number of fused-ring (bicyclic) bond motifs is 1. The van der Waals surface area contributed by atoms with Gasteiger partial charge in [0.05, 0.1) is 17.1 Å². The van der Waals surface area contributed by atoms with Gasteiger partial charge in [-0.05, 0) is 23.9 Å². The van der Waals surface area contributed by atoms with Crippen LogP contribution in [0.1, 0.15) is 5.56 Å². The Bertz CT molecular complexity index is 835. The van der Waals surface area contributed by atoms with Crippen LogP contribution in [-0.2, 0) is 0 Å². The lowest BCUT2D eigenvalue weighted by Gasteiger charge is -2.04. The molecule has 0 N–H and O–H groups in total. The highest BCUT2D eigenvalue weighted by Gasteiger charge is 2.11. The molecule has 0 spiro atoms.